The second kappa shape index (κ2) is 3.91. The van der Waals surface area contributed by atoms with Gasteiger partial charge in [0.25, 0.3) is 0 Å². The second-order valence-electron chi connectivity index (χ2n) is 2.92. The van der Waals surface area contributed by atoms with Crippen LogP contribution in [0.25, 0.3) is 0 Å². The third-order valence-corrected chi connectivity index (χ3v) is 1.94. The predicted molar refractivity (Wildman–Crippen MR) is 52.1 cm³/mol. The Morgan fingerprint density at radius 3 is 2.93 bits per heavy atom. The molecule has 2 heterocycles. The van der Waals surface area contributed by atoms with Gasteiger partial charge in [0.15, 0.2) is 0 Å². The van der Waals surface area contributed by atoms with Crippen molar-refractivity contribution >= 4 is 0 Å². The SMILES string of the molecule is COc1ccc(Cn2ccnc2)nc1. The van der Waals surface area contributed by atoms with E-state index in [0.717, 1.165) is 18.0 Å². The zero-order valence-electron chi connectivity index (χ0n) is 7.92. The summed E-state index contributed by atoms with van der Waals surface area (Å²) >= 11 is 0. The molecule has 2 rings (SSSR count). The molecule has 0 saturated carbocycles. The molecule has 0 bridgehead atoms. The van der Waals surface area contributed by atoms with Crippen LogP contribution in [-0.2, 0) is 6.54 Å². The minimum atomic E-state index is 0.740. The molecule has 0 N–H and O–H groups in total. The van der Waals surface area contributed by atoms with Crippen LogP contribution >= 0.6 is 0 Å². The molecular weight excluding hydrogens is 178 g/mol. The van der Waals surface area contributed by atoms with Gasteiger partial charge in [-0.05, 0) is 12.1 Å². The van der Waals surface area contributed by atoms with E-state index in [4.69, 9.17) is 4.74 Å². The molecule has 0 fully saturated rings. The topological polar surface area (TPSA) is 39.9 Å². The number of imidazole rings is 1. The molecule has 0 unspecified atom stereocenters. The molecule has 0 saturated heterocycles. The normalized spacial score (nSPS) is 10.1. The largest absolute Gasteiger partial charge is 0.495 e. The van der Waals surface area contributed by atoms with Crippen molar-refractivity contribution in [2.45, 2.75) is 6.54 Å². The molecule has 0 aliphatic carbocycles. The summed E-state index contributed by atoms with van der Waals surface area (Å²) in [7, 11) is 1.63. The third-order valence-electron chi connectivity index (χ3n) is 1.94. The highest BCUT2D eigenvalue weighted by molar-refractivity contribution is 5.19. The Balaban J connectivity index is 2.10. The average Bonchev–Trinajstić information content (AvgIpc) is 2.72. The fourth-order valence-corrected chi connectivity index (χ4v) is 1.19. The Hall–Kier alpha value is -1.84. The Morgan fingerprint density at radius 1 is 1.43 bits per heavy atom. The van der Waals surface area contributed by atoms with Gasteiger partial charge in [0, 0.05) is 12.4 Å². The first-order valence-electron chi connectivity index (χ1n) is 4.33. The molecule has 2 aromatic rings. The van der Waals surface area contributed by atoms with Crippen LogP contribution in [-0.4, -0.2) is 21.6 Å². The summed E-state index contributed by atoms with van der Waals surface area (Å²) in [4.78, 5) is 8.21. The lowest BCUT2D eigenvalue weighted by molar-refractivity contribution is 0.412. The standard InChI is InChI=1S/C10H11N3O/c1-14-10-3-2-9(12-6-10)7-13-5-4-11-8-13/h2-6,8H,7H2,1H3. The van der Waals surface area contributed by atoms with E-state index >= 15 is 0 Å². The summed E-state index contributed by atoms with van der Waals surface area (Å²) in [5.74, 6) is 0.777. The Bertz CT molecular complexity index is 380. The number of hydrogen-bond donors (Lipinski definition) is 0. The summed E-state index contributed by atoms with van der Waals surface area (Å²) in [6.07, 6.45) is 7.15. The van der Waals surface area contributed by atoms with Crippen LogP contribution in [0.4, 0.5) is 0 Å². The molecule has 0 aliphatic heterocycles. The zero-order chi connectivity index (χ0) is 9.80. The number of aromatic nitrogens is 3. The molecule has 4 heteroatoms. The minimum Gasteiger partial charge on any atom is -0.495 e. The van der Waals surface area contributed by atoms with Gasteiger partial charge >= 0.3 is 0 Å². The number of rotatable bonds is 3. The quantitative estimate of drug-likeness (QED) is 0.731. The van der Waals surface area contributed by atoms with Crippen LogP contribution in [0.3, 0.4) is 0 Å². The maximum absolute atomic E-state index is 5.02. The van der Waals surface area contributed by atoms with Gasteiger partial charge in [-0.3, -0.25) is 4.98 Å². The van der Waals surface area contributed by atoms with Gasteiger partial charge in [-0.1, -0.05) is 0 Å². The summed E-state index contributed by atoms with van der Waals surface area (Å²) < 4.78 is 6.99. The van der Waals surface area contributed by atoms with Gasteiger partial charge in [-0.15, -0.1) is 0 Å². The van der Waals surface area contributed by atoms with Crippen LogP contribution in [0.1, 0.15) is 5.69 Å². The maximum Gasteiger partial charge on any atom is 0.137 e. The van der Waals surface area contributed by atoms with E-state index in [0.29, 0.717) is 0 Å². The second-order valence-corrected chi connectivity index (χ2v) is 2.92. The molecule has 0 atom stereocenters. The average molecular weight is 189 g/mol. The molecule has 72 valence electrons. The van der Waals surface area contributed by atoms with Gasteiger partial charge in [-0.2, -0.15) is 0 Å². The summed E-state index contributed by atoms with van der Waals surface area (Å²) in [5.41, 5.74) is 0.990. The van der Waals surface area contributed by atoms with Gasteiger partial charge in [0.2, 0.25) is 0 Å². The van der Waals surface area contributed by atoms with Crippen LogP contribution in [0.15, 0.2) is 37.1 Å². The monoisotopic (exact) mass is 189 g/mol. The van der Waals surface area contributed by atoms with Gasteiger partial charge in [-0.25, -0.2) is 4.98 Å². The predicted octanol–water partition coefficient (Wildman–Crippen LogP) is 1.33. The number of nitrogens with zero attached hydrogens (tertiary/aromatic N) is 3. The van der Waals surface area contributed by atoms with Crippen molar-refractivity contribution in [3.63, 3.8) is 0 Å². The molecule has 2 aromatic heterocycles. The molecule has 0 aliphatic rings. The first kappa shape index (κ1) is 8.74. The van der Waals surface area contributed by atoms with Crippen molar-refractivity contribution in [3.8, 4) is 5.75 Å². The van der Waals surface area contributed by atoms with E-state index in [2.05, 4.69) is 9.97 Å². The maximum atomic E-state index is 5.02. The molecule has 0 aromatic carbocycles. The van der Waals surface area contributed by atoms with Crippen molar-refractivity contribution in [2.24, 2.45) is 0 Å². The summed E-state index contributed by atoms with van der Waals surface area (Å²) in [6, 6.07) is 3.85. The molecule has 0 amide bonds. The van der Waals surface area contributed by atoms with Crippen LogP contribution < -0.4 is 4.74 Å². The lowest BCUT2D eigenvalue weighted by Crippen LogP contribution is -1.98. The number of pyridine rings is 1. The molecular formula is C10H11N3O. The molecule has 14 heavy (non-hydrogen) atoms. The van der Waals surface area contributed by atoms with E-state index in [1.54, 1.807) is 25.8 Å². The lowest BCUT2D eigenvalue weighted by Gasteiger charge is -2.02. The highest BCUT2D eigenvalue weighted by Gasteiger charge is 1.96. The smallest absolute Gasteiger partial charge is 0.137 e. The van der Waals surface area contributed by atoms with Crippen LogP contribution in [0.5, 0.6) is 5.75 Å². The highest BCUT2D eigenvalue weighted by Crippen LogP contribution is 2.08. The van der Waals surface area contributed by atoms with Gasteiger partial charge < -0.3 is 9.30 Å². The fraction of sp³-hybridized carbons (Fsp3) is 0.200. The van der Waals surface area contributed by atoms with E-state index in [1.807, 2.05) is 22.9 Å². The third kappa shape index (κ3) is 1.90. The van der Waals surface area contributed by atoms with E-state index in [9.17, 15) is 0 Å². The summed E-state index contributed by atoms with van der Waals surface area (Å²) in [6.45, 7) is 0.740. The van der Waals surface area contributed by atoms with Crippen molar-refractivity contribution in [3.05, 3.63) is 42.7 Å². The molecule has 0 spiro atoms. The summed E-state index contributed by atoms with van der Waals surface area (Å²) in [5, 5.41) is 0. The van der Waals surface area contributed by atoms with Crippen molar-refractivity contribution in [1.82, 2.24) is 14.5 Å². The first-order valence-corrected chi connectivity index (χ1v) is 4.33. The lowest BCUT2D eigenvalue weighted by atomic mass is 10.3. The highest BCUT2D eigenvalue weighted by atomic mass is 16.5. The number of ether oxygens (including phenoxy) is 1. The fourth-order valence-electron chi connectivity index (χ4n) is 1.19. The molecule has 0 radical (unpaired) electrons. The number of methoxy groups -OCH3 is 1. The Labute approximate surface area is 82.2 Å². The molecule has 4 nitrogen and oxygen atoms in total. The first-order chi connectivity index (χ1) is 6.88. The van der Waals surface area contributed by atoms with Crippen LogP contribution in [0, 0.1) is 0 Å². The zero-order valence-corrected chi connectivity index (χ0v) is 7.92. The van der Waals surface area contributed by atoms with Crippen molar-refractivity contribution < 1.29 is 4.74 Å². The minimum absolute atomic E-state index is 0.740. The van der Waals surface area contributed by atoms with Gasteiger partial charge in [0.1, 0.15) is 5.75 Å². The van der Waals surface area contributed by atoms with E-state index in [-0.39, 0.29) is 0 Å². The van der Waals surface area contributed by atoms with Gasteiger partial charge in [0.05, 0.1) is 31.9 Å². The van der Waals surface area contributed by atoms with E-state index in [1.165, 1.54) is 0 Å². The van der Waals surface area contributed by atoms with E-state index < -0.39 is 0 Å². The van der Waals surface area contributed by atoms with Crippen LogP contribution in [0.2, 0.25) is 0 Å². The van der Waals surface area contributed by atoms with Crippen molar-refractivity contribution in [2.75, 3.05) is 7.11 Å². The Morgan fingerprint density at radius 2 is 2.36 bits per heavy atom. The van der Waals surface area contributed by atoms with Crippen molar-refractivity contribution in [1.29, 1.82) is 0 Å². The Kier molecular flexibility index (Phi) is 2.44. The number of hydrogen-bond acceptors (Lipinski definition) is 3.